The third-order valence-corrected chi connectivity index (χ3v) is 6.46. The number of anilines is 1. The number of ether oxygens (including phenoxy) is 3. The molecular formula is C23H25N3O6. The summed E-state index contributed by atoms with van der Waals surface area (Å²) in [6.07, 6.45) is 4.03. The summed E-state index contributed by atoms with van der Waals surface area (Å²) in [5, 5.41) is 6.95. The molecule has 2 aromatic rings. The predicted molar refractivity (Wildman–Crippen MR) is 114 cm³/mol. The minimum atomic E-state index is -0.792. The fourth-order valence-corrected chi connectivity index (χ4v) is 4.96. The van der Waals surface area contributed by atoms with Gasteiger partial charge < -0.3 is 24.1 Å². The topological polar surface area (TPSA) is 103 Å². The fraction of sp³-hybridized carbons (Fsp3) is 0.435. The predicted octanol–water partition coefficient (Wildman–Crippen LogP) is 1.65. The van der Waals surface area contributed by atoms with Crippen molar-refractivity contribution in [3.05, 3.63) is 47.7 Å². The van der Waals surface area contributed by atoms with Crippen LogP contribution in [-0.4, -0.2) is 56.0 Å². The van der Waals surface area contributed by atoms with Gasteiger partial charge in [-0.15, -0.1) is 0 Å². The van der Waals surface area contributed by atoms with Gasteiger partial charge in [0.05, 0.1) is 38.7 Å². The van der Waals surface area contributed by atoms with E-state index in [0.29, 0.717) is 42.6 Å². The largest absolute Gasteiger partial charge is 0.493 e. The molecule has 1 aromatic carbocycles. The van der Waals surface area contributed by atoms with Gasteiger partial charge in [-0.3, -0.25) is 14.5 Å². The minimum absolute atomic E-state index is 0.162. The molecule has 2 fully saturated rings. The molecule has 4 heterocycles. The van der Waals surface area contributed by atoms with E-state index in [2.05, 4.69) is 10.5 Å². The van der Waals surface area contributed by atoms with Crippen LogP contribution >= 0.6 is 0 Å². The highest BCUT2D eigenvalue weighted by Gasteiger charge is 2.67. The summed E-state index contributed by atoms with van der Waals surface area (Å²) < 4.78 is 21.9. The Balaban J connectivity index is 1.27. The number of rotatable bonds is 7. The van der Waals surface area contributed by atoms with Gasteiger partial charge in [0, 0.05) is 12.6 Å². The van der Waals surface area contributed by atoms with Crippen LogP contribution in [0.15, 0.2) is 40.9 Å². The Bertz CT molecular complexity index is 1100. The summed E-state index contributed by atoms with van der Waals surface area (Å²) in [6.45, 7) is 2.53. The van der Waals surface area contributed by atoms with Crippen LogP contribution in [0.5, 0.6) is 11.5 Å². The van der Waals surface area contributed by atoms with Crippen LogP contribution in [0.1, 0.15) is 11.3 Å². The van der Waals surface area contributed by atoms with Crippen molar-refractivity contribution in [3.8, 4) is 11.5 Å². The minimum Gasteiger partial charge on any atom is -0.493 e. The van der Waals surface area contributed by atoms with Crippen LogP contribution in [0.25, 0.3) is 0 Å². The number of carbonyl (C=O) groups is 2. The number of benzene rings is 1. The molecule has 2 bridgehead atoms. The smallest absolute Gasteiger partial charge is 0.235 e. The number of hydrogen-bond donors (Lipinski definition) is 1. The molecule has 2 amide bonds. The average molecular weight is 439 g/mol. The number of aromatic nitrogens is 1. The van der Waals surface area contributed by atoms with Crippen molar-refractivity contribution in [2.75, 3.05) is 32.2 Å². The molecule has 3 aliphatic rings. The molecule has 2 saturated heterocycles. The first-order valence-electron chi connectivity index (χ1n) is 10.6. The SMILES string of the molecule is COc1ccc(CCNC(=O)[C@@H]2[C@@H]3C=C[C@@]4(CN(c5cc(C)on5)C(=O)[C@H]24)O3)cc1OC. The van der Waals surface area contributed by atoms with E-state index in [4.69, 9.17) is 18.7 Å². The van der Waals surface area contributed by atoms with Gasteiger partial charge >= 0.3 is 0 Å². The second-order valence-electron chi connectivity index (χ2n) is 8.35. The van der Waals surface area contributed by atoms with Crippen LogP contribution in [-0.2, 0) is 20.7 Å². The summed E-state index contributed by atoms with van der Waals surface area (Å²) in [6, 6.07) is 7.38. The second-order valence-corrected chi connectivity index (χ2v) is 8.35. The molecule has 5 rings (SSSR count). The third kappa shape index (κ3) is 3.15. The van der Waals surface area contributed by atoms with E-state index in [1.807, 2.05) is 30.4 Å². The maximum absolute atomic E-state index is 13.2. The van der Waals surface area contributed by atoms with Crippen molar-refractivity contribution in [1.29, 1.82) is 0 Å². The molecule has 3 aliphatic heterocycles. The second kappa shape index (κ2) is 7.67. The lowest BCUT2D eigenvalue weighted by Crippen LogP contribution is -2.44. The standard InChI is InChI=1S/C23H25N3O6/c1-13-10-18(25-32-13)26-12-23-8-6-16(31-23)19(20(23)22(26)28)21(27)24-9-7-14-4-5-15(29-2)17(11-14)30-3/h4-6,8,10-11,16,19-20H,7,9,12H2,1-3H3,(H,24,27)/t16-,19+,20-,23-/m0/s1. The molecule has 9 heteroatoms. The van der Waals surface area contributed by atoms with Gasteiger partial charge in [0.25, 0.3) is 0 Å². The van der Waals surface area contributed by atoms with Crippen molar-refractivity contribution in [2.24, 2.45) is 11.8 Å². The number of nitrogens with zero attached hydrogens (tertiary/aromatic N) is 2. The Morgan fingerprint density at radius 2 is 2.09 bits per heavy atom. The number of amides is 2. The van der Waals surface area contributed by atoms with Gasteiger partial charge in [0.1, 0.15) is 11.4 Å². The summed E-state index contributed by atoms with van der Waals surface area (Å²) in [5.74, 6) is 0.875. The van der Waals surface area contributed by atoms with E-state index in [9.17, 15) is 9.59 Å². The average Bonchev–Trinajstić information content (AvgIpc) is 3.54. The van der Waals surface area contributed by atoms with Crippen molar-refractivity contribution in [1.82, 2.24) is 10.5 Å². The van der Waals surface area contributed by atoms with Gasteiger partial charge in [0.2, 0.25) is 11.8 Å². The first-order chi connectivity index (χ1) is 15.5. The molecule has 0 saturated carbocycles. The van der Waals surface area contributed by atoms with Gasteiger partial charge in [-0.05, 0) is 31.0 Å². The van der Waals surface area contributed by atoms with E-state index >= 15 is 0 Å². The van der Waals surface area contributed by atoms with Crippen LogP contribution in [0, 0.1) is 18.8 Å². The number of fused-ring (bicyclic) bond motifs is 1. The van der Waals surface area contributed by atoms with Gasteiger partial charge in [0.15, 0.2) is 17.3 Å². The Kier molecular flexibility index (Phi) is 4.93. The highest BCUT2D eigenvalue weighted by molar-refractivity contribution is 6.02. The molecule has 0 radical (unpaired) electrons. The Hall–Kier alpha value is -3.33. The molecule has 32 heavy (non-hydrogen) atoms. The van der Waals surface area contributed by atoms with Gasteiger partial charge in [-0.2, -0.15) is 0 Å². The van der Waals surface area contributed by atoms with Gasteiger partial charge in [-0.1, -0.05) is 23.4 Å². The third-order valence-electron chi connectivity index (χ3n) is 6.46. The van der Waals surface area contributed by atoms with Crippen molar-refractivity contribution in [3.63, 3.8) is 0 Å². The lowest BCUT2D eigenvalue weighted by Gasteiger charge is -2.23. The van der Waals surface area contributed by atoms with Gasteiger partial charge in [-0.25, -0.2) is 0 Å². The van der Waals surface area contributed by atoms with E-state index < -0.39 is 23.5 Å². The molecule has 1 spiro atoms. The first kappa shape index (κ1) is 20.6. The molecule has 168 valence electrons. The van der Waals surface area contributed by atoms with Crippen molar-refractivity contribution in [2.45, 2.75) is 25.0 Å². The molecular weight excluding hydrogens is 414 g/mol. The lowest BCUT2D eigenvalue weighted by molar-refractivity contribution is -0.131. The maximum atomic E-state index is 13.2. The fourth-order valence-electron chi connectivity index (χ4n) is 4.96. The summed E-state index contributed by atoms with van der Waals surface area (Å²) in [5.41, 5.74) is 0.216. The summed E-state index contributed by atoms with van der Waals surface area (Å²) in [4.78, 5) is 27.9. The van der Waals surface area contributed by atoms with E-state index in [1.54, 1.807) is 32.1 Å². The monoisotopic (exact) mass is 439 g/mol. The molecule has 1 N–H and O–H groups in total. The zero-order valence-corrected chi connectivity index (χ0v) is 18.2. The molecule has 0 aliphatic carbocycles. The number of nitrogens with one attached hydrogen (secondary N) is 1. The number of hydrogen-bond acceptors (Lipinski definition) is 7. The molecule has 9 nitrogen and oxygen atoms in total. The van der Waals surface area contributed by atoms with Crippen LogP contribution in [0.3, 0.4) is 0 Å². The van der Waals surface area contributed by atoms with E-state index in [0.717, 1.165) is 5.56 Å². The first-order valence-corrected chi connectivity index (χ1v) is 10.6. The Morgan fingerprint density at radius 1 is 1.28 bits per heavy atom. The summed E-state index contributed by atoms with van der Waals surface area (Å²) in [7, 11) is 3.18. The zero-order chi connectivity index (χ0) is 22.5. The molecule has 1 aromatic heterocycles. The maximum Gasteiger partial charge on any atom is 0.235 e. The van der Waals surface area contributed by atoms with Crippen LogP contribution in [0.4, 0.5) is 5.82 Å². The molecule has 0 unspecified atom stereocenters. The van der Waals surface area contributed by atoms with E-state index in [-0.39, 0.29) is 11.8 Å². The van der Waals surface area contributed by atoms with Crippen LogP contribution in [0.2, 0.25) is 0 Å². The molecule has 4 atom stereocenters. The zero-order valence-electron chi connectivity index (χ0n) is 18.2. The summed E-state index contributed by atoms with van der Waals surface area (Å²) >= 11 is 0. The quantitative estimate of drug-likeness (QED) is 0.655. The lowest BCUT2D eigenvalue weighted by atomic mass is 9.77. The normalized spacial score (nSPS) is 27.7. The van der Waals surface area contributed by atoms with Crippen molar-refractivity contribution >= 4 is 17.6 Å². The number of methoxy groups -OCH3 is 2. The Labute approximate surface area is 185 Å². The van der Waals surface area contributed by atoms with Crippen molar-refractivity contribution < 1.29 is 28.3 Å². The number of aryl methyl sites for hydroxylation is 1. The van der Waals surface area contributed by atoms with E-state index in [1.165, 1.54) is 0 Å². The highest BCUT2D eigenvalue weighted by atomic mass is 16.5. The highest BCUT2D eigenvalue weighted by Crippen LogP contribution is 2.52. The van der Waals surface area contributed by atoms with Crippen LogP contribution < -0.4 is 19.7 Å². The Morgan fingerprint density at radius 3 is 2.81 bits per heavy atom. The number of carbonyl (C=O) groups excluding carboxylic acids is 2.